The number of carbonyl (C=O) groups is 1. The van der Waals surface area contributed by atoms with Gasteiger partial charge in [0.2, 0.25) is 0 Å². The Labute approximate surface area is 126 Å². The molecule has 0 aliphatic heterocycles. The number of carbonyl (C=O) groups excluding carboxylic acids is 1. The summed E-state index contributed by atoms with van der Waals surface area (Å²) in [5, 5.41) is 2.99. The normalized spacial score (nSPS) is 16.6. The van der Waals surface area contributed by atoms with Crippen molar-refractivity contribution in [3.8, 4) is 0 Å². The van der Waals surface area contributed by atoms with Crippen LogP contribution in [0.2, 0.25) is 0 Å². The third-order valence-electron chi connectivity index (χ3n) is 3.88. The van der Waals surface area contributed by atoms with Crippen LogP contribution in [0.5, 0.6) is 0 Å². The SMILES string of the molecule is CCCS(=O)(=O)c1ccccc1C(=O)NC1CCCCC1. The minimum atomic E-state index is -3.39. The lowest BCUT2D eigenvalue weighted by molar-refractivity contribution is 0.0924. The van der Waals surface area contributed by atoms with E-state index < -0.39 is 9.84 Å². The largest absolute Gasteiger partial charge is 0.349 e. The van der Waals surface area contributed by atoms with Gasteiger partial charge < -0.3 is 5.32 Å². The molecule has 0 bridgehead atoms. The number of nitrogens with one attached hydrogen (secondary N) is 1. The van der Waals surface area contributed by atoms with Crippen molar-refractivity contribution in [1.29, 1.82) is 0 Å². The zero-order valence-electron chi connectivity index (χ0n) is 12.5. The quantitative estimate of drug-likeness (QED) is 0.909. The molecule has 1 aliphatic rings. The van der Waals surface area contributed by atoms with Gasteiger partial charge in [-0.3, -0.25) is 4.79 Å². The summed E-state index contributed by atoms with van der Waals surface area (Å²) < 4.78 is 24.5. The monoisotopic (exact) mass is 309 g/mol. The van der Waals surface area contributed by atoms with Crippen LogP contribution in [0.1, 0.15) is 55.8 Å². The summed E-state index contributed by atoms with van der Waals surface area (Å²) in [5.41, 5.74) is 0.275. The highest BCUT2D eigenvalue weighted by molar-refractivity contribution is 7.91. The zero-order valence-corrected chi connectivity index (χ0v) is 13.3. The molecule has 0 unspecified atom stereocenters. The average molecular weight is 309 g/mol. The summed E-state index contributed by atoms with van der Waals surface area (Å²) in [6.45, 7) is 1.82. The highest BCUT2D eigenvalue weighted by Gasteiger charge is 2.23. The smallest absolute Gasteiger partial charge is 0.252 e. The Morgan fingerprint density at radius 2 is 1.86 bits per heavy atom. The third-order valence-corrected chi connectivity index (χ3v) is 5.85. The molecule has 1 aromatic rings. The molecule has 1 aromatic carbocycles. The molecule has 0 saturated heterocycles. The molecule has 5 heteroatoms. The van der Waals surface area contributed by atoms with Crippen LogP contribution in [-0.2, 0) is 9.84 Å². The van der Waals surface area contributed by atoms with Gasteiger partial charge in [-0.2, -0.15) is 0 Å². The predicted molar refractivity (Wildman–Crippen MR) is 83.1 cm³/mol. The predicted octanol–water partition coefficient (Wildman–Crippen LogP) is 2.93. The zero-order chi connectivity index (χ0) is 15.3. The van der Waals surface area contributed by atoms with E-state index in [1.165, 1.54) is 12.5 Å². The first kappa shape index (κ1) is 16.0. The molecule has 1 saturated carbocycles. The summed E-state index contributed by atoms with van der Waals surface area (Å²) >= 11 is 0. The molecular weight excluding hydrogens is 286 g/mol. The van der Waals surface area contributed by atoms with Gasteiger partial charge in [-0.1, -0.05) is 38.3 Å². The van der Waals surface area contributed by atoms with Crippen molar-refractivity contribution in [3.05, 3.63) is 29.8 Å². The van der Waals surface area contributed by atoms with E-state index in [2.05, 4.69) is 5.32 Å². The fourth-order valence-electron chi connectivity index (χ4n) is 2.81. The molecule has 1 aliphatic carbocycles. The number of hydrogen-bond acceptors (Lipinski definition) is 3. The molecule has 0 heterocycles. The lowest BCUT2D eigenvalue weighted by Gasteiger charge is -2.23. The second-order valence-corrected chi connectivity index (χ2v) is 7.70. The molecule has 0 spiro atoms. The van der Waals surface area contributed by atoms with Crippen LogP contribution >= 0.6 is 0 Å². The van der Waals surface area contributed by atoms with Gasteiger partial charge in [0.25, 0.3) is 5.91 Å². The summed E-state index contributed by atoms with van der Waals surface area (Å²) in [4.78, 5) is 12.6. The molecular formula is C16H23NO3S. The number of amides is 1. The molecule has 1 amide bonds. The summed E-state index contributed by atoms with van der Waals surface area (Å²) in [5.74, 6) is -0.196. The molecule has 1 N–H and O–H groups in total. The number of rotatable bonds is 5. The first-order valence-corrected chi connectivity index (χ1v) is 9.32. The highest BCUT2D eigenvalue weighted by Crippen LogP contribution is 2.21. The Morgan fingerprint density at radius 1 is 1.19 bits per heavy atom. The van der Waals surface area contributed by atoms with Crippen molar-refractivity contribution in [1.82, 2.24) is 5.32 Å². The van der Waals surface area contributed by atoms with E-state index >= 15 is 0 Å². The third kappa shape index (κ3) is 4.06. The van der Waals surface area contributed by atoms with Crippen LogP contribution in [0.4, 0.5) is 0 Å². The first-order valence-electron chi connectivity index (χ1n) is 7.67. The second kappa shape index (κ2) is 7.07. The van der Waals surface area contributed by atoms with Crippen molar-refractivity contribution in [2.75, 3.05) is 5.75 Å². The van der Waals surface area contributed by atoms with Gasteiger partial charge in [0, 0.05) is 6.04 Å². The fraction of sp³-hybridized carbons (Fsp3) is 0.562. The molecule has 1 fully saturated rings. The number of sulfone groups is 1. The summed E-state index contributed by atoms with van der Waals surface area (Å²) in [6, 6.07) is 6.68. The Morgan fingerprint density at radius 3 is 2.52 bits per heavy atom. The van der Waals surface area contributed by atoms with E-state index in [9.17, 15) is 13.2 Å². The van der Waals surface area contributed by atoms with Crippen molar-refractivity contribution in [2.45, 2.75) is 56.4 Å². The molecule has 4 nitrogen and oxygen atoms in total. The van der Waals surface area contributed by atoms with Gasteiger partial charge in [0.1, 0.15) is 0 Å². The Hall–Kier alpha value is -1.36. The van der Waals surface area contributed by atoms with Crippen LogP contribution in [0.15, 0.2) is 29.2 Å². The molecule has 2 rings (SSSR count). The van der Waals surface area contributed by atoms with E-state index in [0.29, 0.717) is 6.42 Å². The van der Waals surface area contributed by atoms with Gasteiger partial charge in [0.15, 0.2) is 9.84 Å². The van der Waals surface area contributed by atoms with Crippen LogP contribution in [0.25, 0.3) is 0 Å². The molecule has 0 aromatic heterocycles. The van der Waals surface area contributed by atoms with Crippen LogP contribution < -0.4 is 5.32 Å². The van der Waals surface area contributed by atoms with E-state index in [1.54, 1.807) is 18.2 Å². The number of benzene rings is 1. The Kier molecular flexibility index (Phi) is 5.39. The lowest BCUT2D eigenvalue weighted by atomic mass is 9.95. The molecule has 0 radical (unpaired) electrons. The van der Waals surface area contributed by atoms with Crippen molar-refractivity contribution in [2.24, 2.45) is 0 Å². The maximum Gasteiger partial charge on any atom is 0.252 e. The molecule has 21 heavy (non-hydrogen) atoms. The summed E-state index contributed by atoms with van der Waals surface area (Å²) in [7, 11) is -3.39. The highest BCUT2D eigenvalue weighted by atomic mass is 32.2. The van der Waals surface area contributed by atoms with Crippen LogP contribution in [0, 0.1) is 0 Å². The standard InChI is InChI=1S/C16H23NO3S/c1-2-12-21(19,20)15-11-7-6-10-14(15)16(18)17-13-8-4-3-5-9-13/h6-7,10-11,13H,2-5,8-9,12H2,1H3,(H,17,18). The lowest BCUT2D eigenvalue weighted by Crippen LogP contribution is -2.36. The first-order chi connectivity index (χ1) is 10.0. The van der Waals surface area contributed by atoms with Gasteiger partial charge >= 0.3 is 0 Å². The topological polar surface area (TPSA) is 63.2 Å². The fourth-order valence-corrected chi connectivity index (χ4v) is 4.35. The Bertz CT molecular complexity index is 589. The van der Waals surface area contributed by atoms with Gasteiger partial charge in [-0.15, -0.1) is 0 Å². The second-order valence-electron chi connectivity index (χ2n) is 5.62. The average Bonchev–Trinajstić information content (AvgIpc) is 2.48. The van der Waals surface area contributed by atoms with Crippen LogP contribution in [-0.4, -0.2) is 26.1 Å². The van der Waals surface area contributed by atoms with Crippen molar-refractivity contribution < 1.29 is 13.2 Å². The maximum absolute atomic E-state index is 12.4. The van der Waals surface area contributed by atoms with E-state index in [0.717, 1.165) is 25.7 Å². The van der Waals surface area contributed by atoms with Crippen LogP contribution in [0.3, 0.4) is 0 Å². The van der Waals surface area contributed by atoms with E-state index in [-0.39, 0.29) is 28.2 Å². The minimum absolute atomic E-state index is 0.0702. The van der Waals surface area contributed by atoms with Crippen molar-refractivity contribution in [3.63, 3.8) is 0 Å². The maximum atomic E-state index is 12.4. The summed E-state index contributed by atoms with van der Waals surface area (Å²) in [6.07, 6.45) is 5.97. The van der Waals surface area contributed by atoms with Gasteiger partial charge in [-0.25, -0.2) is 8.42 Å². The molecule has 116 valence electrons. The minimum Gasteiger partial charge on any atom is -0.349 e. The van der Waals surface area contributed by atoms with Crippen molar-refractivity contribution >= 4 is 15.7 Å². The molecule has 0 atom stereocenters. The number of hydrogen-bond donors (Lipinski definition) is 1. The Balaban J connectivity index is 2.21. The van der Waals surface area contributed by atoms with E-state index in [4.69, 9.17) is 0 Å². The van der Waals surface area contributed by atoms with Gasteiger partial charge in [0.05, 0.1) is 16.2 Å². The van der Waals surface area contributed by atoms with E-state index in [1.807, 2.05) is 6.92 Å². The van der Waals surface area contributed by atoms with Gasteiger partial charge in [-0.05, 0) is 31.4 Å².